The van der Waals surface area contributed by atoms with Crippen molar-refractivity contribution in [2.24, 2.45) is 21.9 Å². The van der Waals surface area contributed by atoms with Gasteiger partial charge in [0.1, 0.15) is 0 Å². The molecule has 4 nitrogen and oxygen atoms in total. The lowest BCUT2D eigenvalue weighted by molar-refractivity contribution is 0.320. The molecule has 1 saturated heterocycles. The third kappa shape index (κ3) is 2.53. The number of azo groups is 1. The smallest absolute Gasteiger partial charge is 0.0870 e. The van der Waals surface area contributed by atoms with Crippen molar-refractivity contribution in [3.05, 3.63) is 0 Å². The molecule has 3 N–H and O–H groups in total. The summed E-state index contributed by atoms with van der Waals surface area (Å²) in [6.07, 6.45) is 2.47. The summed E-state index contributed by atoms with van der Waals surface area (Å²) in [5.41, 5.74) is 5.61. The van der Waals surface area contributed by atoms with E-state index in [4.69, 9.17) is 5.73 Å². The van der Waals surface area contributed by atoms with Gasteiger partial charge in [-0.2, -0.15) is 10.2 Å². The van der Waals surface area contributed by atoms with Crippen LogP contribution in [0.5, 0.6) is 0 Å². The molecule has 70 valence electrons. The lowest BCUT2D eigenvalue weighted by Gasteiger charge is -2.26. The Morgan fingerprint density at radius 3 is 3.00 bits per heavy atom. The molecule has 1 rings (SSSR count). The zero-order valence-electron chi connectivity index (χ0n) is 7.66. The maximum atomic E-state index is 5.61. The molecule has 0 aromatic rings. The van der Waals surface area contributed by atoms with Crippen LogP contribution < -0.4 is 11.1 Å². The van der Waals surface area contributed by atoms with E-state index in [1.807, 2.05) is 0 Å². The molecule has 1 aliphatic heterocycles. The Bertz CT molecular complexity index is 140. The lowest BCUT2D eigenvalue weighted by Crippen LogP contribution is -2.39. The molecule has 1 fully saturated rings. The van der Waals surface area contributed by atoms with Crippen LogP contribution in [-0.2, 0) is 0 Å². The Hall–Kier alpha value is -0.480. The summed E-state index contributed by atoms with van der Waals surface area (Å²) in [5.74, 6) is 0.590. The van der Waals surface area contributed by atoms with Gasteiger partial charge in [-0.3, -0.25) is 0 Å². The van der Waals surface area contributed by atoms with Gasteiger partial charge in [-0.25, -0.2) is 0 Å². The highest BCUT2D eigenvalue weighted by atomic mass is 15.1. The molecule has 0 bridgehead atoms. The SMILES string of the molecule is CN=NC(CN)C1CCCNC1. The van der Waals surface area contributed by atoms with Gasteiger partial charge < -0.3 is 11.1 Å². The zero-order chi connectivity index (χ0) is 8.81. The van der Waals surface area contributed by atoms with Gasteiger partial charge in [0.05, 0.1) is 6.04 Å². The molecule has 0 aromatic heterocycles. The lowest BCUT2D eigenvalue weighted by atomic mass is 9.92. The van der Waals surface area contributed by atoms with E-state index in [2.05, 4.69) is 15.5 Å². The van der Waals surface area contributed by atoms with Crippen LogP contribution in [0.3, 0.4) is 0 Å². The molecular formula is C8H18N4. The molecule has 0 aromatic carbocycles. The Labute approximate surface area is 73.6 Å². The van der Waals surface area contributed by atoms with Gasteiger partial charge in [-0.05, 0) is 25.3 Å². The van der Waals surface area contributed by atoms with E-state index in [-0.39, 0.29) is 6.04 Å². The predicted molar refractivity (Wildman–Crippen MR) is 49.2 cm³/mol. The molecule has 1 heterocycles. The summed E-state index contributed by atoms with van der Waals surface area (Å²) in [6.45, 7) is 2.79. The Kier molecular flexibility index (Phi) is 4.18. The van der Waals surface area contributed by atoms with Crippen molar-refractivity contribution in [3.63, 3.8) is 0 Å². The minimum Gasteiger partial charge on any atom is -0.328 e. The first kappa shape index (κ1) is 9.61. The normalized spacial score (nSPS) is 27.7. The van der Waals surface area contributed by atoms with Crippen molar-refractivity contribution >= 4 is 0 Å². The van der Waals surface area contributed by atoms with Crippen molar-refractivity contribution in [1.29, 1.82) is 0 Å². The molecular weight excluding hydrogens is 152 g/mol. The van der Waals surface area contributed by atoms with Crippen LogP contribution >= 0.6 is 0 Å². The topological polar surface area (TPSA) is 62.8 Å². The van der Waals surface area contributed by atoms with Crippen LogP contribution in [0.4, 0.5) is 0 Å². The van der Waals surface area contributed by atoms with Crippen molar-refractivity contribution in [2.45, 2.75) is 18.9 Å². The van der Waals surface area contributed by atoms with Crippen LogP contribution in [-0.4, -0.2) is 32.7 Å². The highest BCUT2D eigenvalue weighted by Crippen LogP contribution is 2.16. The van der Waals surface area contributed by atoms with Gasteiger partial charge in [-0.15, -0.1) is 0 Å². The zero-order valence-corrected chi connectivity index (χ0v) is 7.66. The van der Waals surface area contributed by atoms with E-state index in [9.17, 15) is 0 Å². The fraction of sp³-hybridized carbons (Fsp3) is 1.00. The van der Waals surface area contributed by atoms with Crippen LogP contribution in [0.2, 0.25) is 0 Å². The first-order valence-corrected chi connectivity index (χ1v) is 4.58. The van der Waals surface area contributed by atoms with Crippen molar-refractivity contribution < 1.29 is 0 Å². The minimum atomic E-state index is 0.225. The number of hydrogen-bond donors (Lipinski definition) is 2. The van der Waals surface area contributed by atoms with Gasteiger partial charge >= 0.3 is 0 Å². The second kappa shape index (κ2) is 5.22. The molecule has 2 atom stereocenters. The standard InChI is InChI=1S/C8H18N4/c1-10-12-8(5-9)7-3-2-4-11-6-7/h7-8,11H,2-6,9H2,1H3. The molecule has 0 saturated carbocycles. The Morgan fingerprint density at radius 2 is 2.50 bits per heavy atom. The van der Waals surface area contributed by atoms with Crippen LogP contribution in [0.25, 0.3) is 0 Å². The summed E-state index contributed by atoms with van der Waals surface area (Å²) in [7, 11) is 1.71. The number of hydrogen-bond acceptors (Lipinski definition) is 4. The van der Waals surface area contributed by atoms with Gasteiger partial charge in [0, 0.05) is 20.1 Å². The highest BCUT2D eigenvalue weighted by Gasteiger charge is 2.21. The third-order valence-corrected chi connectivity index (χ3v) is 2.38. The quantitative estimate of drug-likeness (QED) is 0.602. The number of nitrogens with zero attached hydrogens (tertiary/aromatic N) is 2. The van der Waals surface area contributed by atoms with E-state index in [0.717, 1.165) is 13.1 Å². The average Bonchev–Trinajstić information content (AvgIpc) is 2.15. The number of piperidine rings is 1. The van der Waals surface area contributed by atoms with Crippen LogP contribution in [0.1, 0.15) is 12.8 Å². The van der Waals surface area contributed by atoms with E-state index in [1.54, 1.807) is 7.05 Å². The van der Waals surface area contributed by atoms with E-state index in [0.29, 0.717) is 12.5 Å². The molecule has 4 heteroatoms. The summed E-state index contributed by atoms with van der Waals surface area (Å²) < 4.78 is 0. The van der Waals surface area contributed by atoms with E-state index in [1.165, 1.54) is 12.8 Å². The fourth-order valence-electron chi connectivity index (χ4n) is 1.69. The van der Waals surface area contributed by atoms with Crippen molar-refractivity contribution in [2.75, 3.05) is 26.7 Å². The average molecular weight is 170 g/mol. The second-order valence-electron chi connectivity index (χ2n) is 3.22. The maximum Gasteiger partial charge on any atom is 0.0870 e. The highest BCUT2D eigenvalue weighted by molar-refractivity contribution is 4.80. The van der Waals surface area contributed by atoms with Crippen LogP contribution in [0, 0.1) is 5.92 Å². The summed E-state index contributed by atoms with van der Waals surface area (Å²) in [4.78, 5) is 0. The molecule has 0 spiro atoms. The first-order chi connectivity index (χ1) is 5.88. The van der Waals surface area contributed by atoms with Crippen molar-refractivity contribution in [1.82, 2.24) is 5.32 Å². The Morgan fingerprint density at radius 1 is 1.67 bits per heavy atom. The monoisotopic (exact) mass is 170 g/mol. The van der Waals surface area contributed by atoms with Gasteiger partial charge in [0.25, 0.3) is 0 Å². The molecule has 0 radical (unpaired) electrons. The third-order valence-electron chi connectivity index (χ3n) is 2.38. The summed E-state index contributed by atoms with van der Waals surface area (Å²) in [6, 6.07) is 0.225. The molecule has 12 heavy (non-hydrogen) atoms. The minimum absolute atomic E-state index is 0.225. The number of nitrogens with one attached hydrogen (secondary N) is 1. The summed E-state index contributed by atoms with van der Waals surface area (Å²) >= 11 is 0. The van der Waals surface area contributed by atoms with Crippen LogP contribution in [0.15, 0.2) is 10.2 Å². The van der Waals surface area contributed by atoms with Crippen molar-refractivity contribution in [3.8, 4) is 0 Å². The second-order valence-corrected chi connectivity index (χ2v) is 3.22. The first-order valence-electron chi connectivity index (χ1n) is 4.58. The molecule has 0 aliphatic carbocycles. The predicted octanol–water partition coefficient (Wildman–Crippen LogP) is 0.395. The van der Waals surface area contributed by atoms with Gasteiger partial charge in [0.2, 0.25) is 0 Å². The van der Waals surface area contributed by atoms with E-state index >= 15 is 0 Å². The summed E-state index contributed by atoms with van der Waals surface area (Å²) in [5, 5.41) is 11.3. The van der Waals surface area contributed by atoms with Gasteiger partial charge in [-0.1, -0.05) is 0 Å². The largest absolute Gasteiger partial charge is 0.328 e. The molecule has 0 amide bonds. The molecule has 1 aliphatic rings. The maximum absolute atomic E-state index is 5.61. The number of rotatable bonds is 3. The fourth-order valence-corrected chi connectivity index (χ4v) is 1.69. The number of nitrogens with two attached hydrogens (primary N) is 1. The van der Waals surface area contributed by atoms with E-state index < -0.39 is 0 Å². The molecule has 2 unspecified atom stereocenters. The Balaban J connectivity index is 2.40. The van der Waals surface area contributed by atoms with Gasteiger partial charge in [0.15, 0.2) is 0 Å².